The van der Waals surface area contributed by atoms with Crippen LogP contribution in [0, 0.1) is 3.57 Å². The highest BCUT2D eigenvalue weighted by atomic mass is 127. The van der Waals surface area contributed by atoms with Gasteiger partial charge < -0.3 is 9.67 Å². The minimum atomic E-state index is -1.16. The molecule has 0 saturated heterocycles. The van der Waals surface area contributed by atoms with Crippen LogP contribution in [0.1, 0.15) is 30.1 Å². The molecule has 1 N–H and O–H groups in total. The monoisotopic (exact) mass is 321 g/mol. The molecular weight excluding hydrogens is 309 g/mol. The summed E-state index contributed by atoms with van der Waals surface area (Å²) in [7, 11) is 0. The van der Waals surface area contributed by atoms with Gasteiger partial charge in [-0.05, 0) is 35.1 Å². The number of pyridine rings is 1. The molecule has 0 amide bonds. The molecule has 0 aliphatic rings. The van der Waals surface area contributed by atoms with Gasteiger partial charge in [0.2, 0.25) is 0 Å². The highest BCUT2D eigenvalue weighted by Gasteiger charge is 2.11. The molecule has 1 aromatic heterocycles. The highest BCUT2D eigenvalue weighted by molar-refractivity contribution is 14.1. The van der Waals surface area contributed by atoms with Gasteiger partial charge in [-0.25, -0.2) is 4.79 Å². The van der Waals surface area contributed by atoms with Crippen LogP contribution < -0.4 is 5.56 Å². The van der Waals surface area contributed by atoms with Crippen molar-refractivity contribution in [2.75, 3.05) is 0 Å². The Kier molecular flexibility index (Phi) is 4.31. The lowest BCUT2D eigenvalue weighted by atomic mass is 10.2. The Morgan fingerprint density at radius 3 is 2.80 bits per heavy atom. The minimum absolute atomic E-state index is 0.155. The van der Waals surface area contributed by atoms with E-state index in [1.165, 1.54) is 10.6 Å². The fourth-order valence-corrected chi connectivity index (χ4v) is 1.89. The van der Waals surface area contributed by atoms with Gasteiger partial charge in [-0.15, -0.1) is 0 Å². The number of carboxylic acids is 1. The van der Waals surface area contributed by atoms with Gasteiger partial charge in [0, 0.05) is 16.3 Å². The maximum absolute atomic E-state index is 11.6. The van der Waals surface area contributed by atoms with Crippen LogP contribution in [-0.4, -0.2) is 15.6 Å². The van der Waals surface area contributed by atoms with Crippen molar-refractivity contribution >= 4 is 28.6 Å². The first kappa shape index (κ1) is 12.2. The number of aromatic nitrogens is 1. The summed E-state index contributed by atoms with van der Waals surface area (Å²) in [5.74, 6) is -1.16. The lowest BCUT2D eigenvalue weighted by Gasteiger charge is -2.06. The van der Waals surface area contributed by atoms with Gasteiger partial charge in [-0.3, -0.25) is 4.79 Å². The molecule has 5 heteroatoms. The number of aryl methyl sites for hydroxylation is 1. The molecule has 0 aliphatic heterocycles. The van der Waals surface area contributed by atoms with E-state index in [-0.39, 0.29) is 5.56 Å². The van der Waals surface area contributed by atoms with Crippen molar-refractivity contribution < 1.29 is 9.90 Å². The van der Waals surface area contributed by atoms with E-state index in [0.717, 1.165) is 16.4 Å². The predicted molar refractivity (Wildman–Crippen MR) is 65.3 cm³/mol. The van der Waals surface area contributed by atoms with Crippen LogP contribution >= 0.6 is 22.6 Å². The summed E-state index contributed by atoms with van der Waals surface area (Å²) in [5, 5.41) is 8.82. The van der Waals surface area contributed by atoms with E-state index >= 15 is 0 Å². The normalized spacial score (nSPS) is 10.3. The fourth-order valence-electron chi connectivity index (χ4n) is 1.25. The van der Waals surface area contributed by atoms with Crippen LogP contribution in [0.3, 0.4) is 0 Å². The van der Waals surface area contributed by atoms with Crippen molar-refractivity contribution in [2.24, 2.45) is 0 Å². The zero-order valence-electron chi connectivity index (χ0n) is 8.36. The van der Waals surface area contributed by atoms with E-state index in [0.29, 0.717) is 6.54 Å². The number of nitrogens with zero attached hydrogens (tertiary/aromatic N) is 1. The number of unbranched alkanes of at least 4 members (excludes halogenated alkanes) is 1. The molecule has 1 rings (SSSR count). The van der Waals surface area contributed by atoms with Gasteiger partial charge in [0.1, 0.15) is 5.56 Å². The number of carboxylic acid groups (broad SMARTS) is 1. The lowest BCUT2D eigenvalue weighted by Crippen LogP contribution is -2.26. The van der Waals surface area contributed by atoms with Crippen LogP contribution in [0.5, 0.6) is 0 Å². The molecule has 4 nitrogen and oxygen atoms in total. The molecule has 0 radical (unpaired) electrons. The third-order valence-corrected chi connectivity index (χ3v) is 2.63. The van der Waals surface area contributed by atoms with E-state index in [9.17, 15) is 9.59 Å². The Bertz CT molecular complexity index is 425. The van der Waals surface area contributed by atoms with Crippen LogP contribution in [0.4, 0.5) is 0 Å². The van der Waals surface area contributed by atoms with E-state index in [4.69, 9.17) is 5.11 Å². The smallest absolute Gasteiger partial charge is 0.341 e. The van der Waals surface area contributed by atoms with Crippen LogP contribution in [0.2, 0.25) is 0 Å². The van der Waals surface area contributed by atoms with E-state index in [2.05, 4.69) is 0 Å². The molecule has 0 aromatic carbocycles. The van der Waals surface area contributed by atoms with Gasteiger partial charge in [0.15, 0.2) is 0 Å². The maximum Gasteiger partial charge on any atom is 0.341 e. The number of halogens is 1. The van der Waals surface area contributed by atoms with Crippen molar-refractivity contribution in [3.8, 4) is 0 Å². The number of hydrogen-bond acceptors (Lipinski definition) is 2. The Balaban J connectivity index is 3.17. The summed E-state index contributed by atoms with van der Waals surface area (Å²) in [5.41, 5.74) is -0.575. The maximum atomic E-state index is 11.6. The molecule has 0 unspecified atom stereocenters. The molecule has 0 atom stereocenters. The Labute approximate surface area is 101 Å². The first-order chi connectivity index (χ1) is 7.06. The summed E-state index contributed by atoms with van der Waals surface area (Å²) in [6.07, 6.45) is 3.53. The van der Waals surface area contributed by atoms with Gasteiger partial charge >= 0.3 is 5.97 Å². The topological polar surface area (TPSA) is 59.3 Å². The van der Waals surface area contributed by atoms with Crippen LogP contribution in [0.15, 0.2) is 17.1 Å². The van der Waals surface area contributed by atoms with Crippen molar-refractivity contribution in [3.05, 3.63) is 31.8 Å². The third kappa shape index (κ3) is 3.05. The minimum Gasteiger partial charge on any atom is -0.477 e. The average molecular weight is 321 g/mol. The molecule has 0 bridgehead atoms. The van der Waals surface area contributed by atoms with Gasteiger partial charge in [0.05, 0.1) is 0 Å². The van der Waals surface area contributed by atoms with Gasteiger partial charge in [-0.2, -0.15) is 0 Å². The molecule has 0 saturated carbocycles. The zero-order valence-corrected chi connectivity index (χ0v) is 10.5. The van der Waals surface area contributed by atoms with Gasteiger partial charge in [-0.1, -0.05) is 13.3 Å². The molecule has 1 aromatic rings. The van der Waals surface area contributed by atoms with E-state index in [1.54, 1.807) is 6.20 Å². The van der Waals surface area contributed by atoms with Crippen LogP contribution in [0.25, 0.3) is 0 Å². The second-order valence-corrected chi connectivity index (χ2v) is 4.47. The number of carbonyl (C=O) groups is 1. The number of aromatic carboxylic acids is 1. The summed E-state index contributed by atoms with van der Waals surface area (Å²) in [6.45, 7) is 2.60. The average Bonchev–Trinajstić information content (AvgIpc) is 2.18. The largest absolute Gasteiger partial charge is 0.477 e. The Morgan fingerprint density at radius 2 is 2.27 bits per heavy atom. The summed E-state index contributed by atoms with van der Waals surface area (Å²) >= 11 is 2.01. The lowest BCUT2D eigenvalue weighted by molar-refractivity contribution is 0.0694. The highest BCUT2D eigenvalue weighted by Crippen LogP contribution is 2.05. The third-order valence-electron chi connectivity index (χ3n) is 2.04. The van der Waals surface area contributed by atoms with E-state index < -0.39 is 11.5 Å². The zero-order chi connectivity index (χ0) is 11.4. The quantitative estimate of drug-likeness (QED) is 0.863. The summed E-state index contributed by atoms with van der Waals surface area (Å²) in [6, 6.07) is 1.40. The summed E-state index contributed by atoms with van der Waals surface area (Å²) in [4.78, 5) is 22.4. The first-order valence-electron chi connectivity index (χ1n) is 4.69. The molecule has 15 heavy (non-hydrogen) atoms. The number of hydrogen-bond donors (Lipinski definition) is 1. The van der Waals surface area contributed by atoms with Crippen molar-refractivity contribution in [2.45, 2.75) is 26.3 Å². The van der Waals surface area contributed by atoms with Crippen molar-refractivity contribution in [1.82, 2.24) is 4.57 Å². The molecule has 0 aliphatic carbocycles. The van der Waals surface area contributed by atoms with E-state index in [1.807, 2.05) is 29.5 Å². The number of rotatable bonds is 4. The standard InChI is InChI=1S/C10H12INO3/c1-2-3-4-12-6-7(11)5-8(9(12)13)10(14)15/h5-6H,2-4H2,1H3,(H,14,15). The molecule has 0 spiro atoms. The second-order valence-electron chi connectivity index (χ2n) is 3.23. The van der Waals surface area contributed by atoms with Gasteiger partial charge in [0.25, 0.3) is 5.56 Å². The second kappa shape index (κ2) is 5.29. The molecule has 0 fully saturated rings. The van der Waals surface area contributed by atoms with Crippen molar-refractivity contribution in [3.63, 3.8) is 0 Å². The Hall–Kier alpha value is -0.850. The first-order valence-corrected chi connectivity index (χ1v) is 5.77. The Morgan fingerprint density at radius 1 is 1.60 bits per heavy atom. The predicted octanol–water partition coefficient (Wildman–Crippen LogP) is 1.95. The SMILES string of the molecule is CCCCn1cc(I)cc(C(=O)O)c1=O. The molecule has 1 heterocycles. The van der Waals surface area contributed by atoms with Crippen LogP contribution in [-0.2, 0) is 6.54 Å². The molecule has 82 valence electrons. The summed E-state index contributed by atoms with van der Waals surface area (Å²) < 4.78 is 2.23. The fraction of sp³-hybridized carbons (Fsp3) is 0.400. The van der Waals surface area contributed by atoms with Crippen molar-refractivity contribution in [1.29, 1.82) is 0 Å². The molecular formula is C10H12INO3.